The smallest absolute Gasteiger partial charge is 0.320 e. The molecule has 1 aromatic heterocycles. The summed E-state index contributed by atoms with van der Waals surface area (Å²) in [5.41, 5.74) is 4.53. The van der Waals surface area contributed by atoms with Gasteiger partial charge in [-0.25, -0.2) is 9.78 Å². The first-order valence-corrected chi connectivity index (χ1v) is 12.4. The number of urea groups is 1. The van der Waals surface area contributed by atoms with E-state index >= 15 is 0 Å². The van der Waals surface area contributed by atoms with E-state index in [0.717, 1.165) is 48.4 Å². The number of hydrogen-bond acceptors (Lipinski definition) is 5. The number of aromatic nitrogens is 1. The molecule has 0 saturated heterocycles. The lowest BCUT2D eigenvalue weighted by molar-refractivity contribution is -0.141. The van der Waals surface area contributed by atoms with Crippen LogP contribution in [0.5, 0.6) is 0 Å². The van der Waals surface area contributed by atoms with Gasteiger partial charge in [-0.05, 0) is 61.8 Å². The Bertz CT molecular complexity index is 1020. The predicted molar refractivity (Wildman–Crippen MR) is 133 cm³/mol. The van der Waals surface area contributed by atoms with Crippen molar-refractivity contribution in [2.24, 2.45) is 0 Å². The fourth-order valence-corrected chi connectivity index (χ4v) is 4.99. The summed E-state index contributed by atoms with van der Waals surface area (Å²) >= 11 is 0. The zero-order valence-corrected chi connectivity index (χ0v) is 20.5. The number of amides is 2. The molecular weight excluding hydrogens is 428 g/mol. The highest BCUT2D eigenvalue weighted by Gasteiger charge is 2.29. The number of aryl methyl sites for hydroxylation is 1. The van der Waals surface area contributed by atoms with Crippen molar-refractivity contribution < 1.29 is 14.3 Å². The summed E-state index contributed by atoms with van der Waals surface area (Å²) in [7, 11) is 1.43. The molecule has 2 aromatic rings. The first-order chi connectivity index (χ1) is 16.5. The topological polar surface area (TPSA) is 74.8 Å². The maximum atomic E-state index is 13.7. The Morgan fingerprint density at radius 3 is 2.82 bits per heavy atom. The predicted octanol–water partition coefficient (Wildman–Crippen LogP) is 4.37. The lowest BCUT2D eigenvalue weighted by atomic mass is 9.90. The molecule has 1 atom stereocenters. The number of nitrogens with zero attached hydrogens (tertiary/aromatic N) is 3. The van der Waals surface area contributed by atoms with Gasteiger partial charge in [0.1, 0.15) is 5.82 Å². The third-order valence-corrected chi connectivity index (χ3v) is 6.94. The molecule has 2 aliphatic heterocycles. The van der Waals surface area contributed by atoms with Gasteiger partial charge in [0.05, 0.1) is 13.5 Å². The summed E-state index contributed by atoms with van der Waals surface area (Å²) in [6.45, 7) is 6.87. The van der Waals surface area contributed by atoms with Crippen LogP contribution in [-0.2, 0) is 28.9 Å². The van der Waals surface area contributed by atoms with Gasteiger partial charge in [-0.15, -0.1) is 0 Å². The van der Waals surface area contributed by atoms with E-state index in [1.165, 1.54) is 12.7 Å². The highest BCUT2D eigenvalue weighted by Crippen LogP contribution is 2.32. The van der Waals surface area contributed by atoms with E-state index in [-0.39, 0.29) is 24.0 Å². The van der Waals surface area contributed by atoms with Gasteiger partial charge in [-0.3, -0.25) is 4.79 Å². The van der Waals surface area contributed by atoms with Crippen LogP contribution in [-0.4, -0.2) is 59.6 Å². The molecule has 0 saturated carbocycles. The zero-order chi connectivity index (χ0) is 24.1. The molecule has 1 N–H and O–H groups in total. The highest BCUT2D eigenvalue weighted by molar-refractivity contribution is 5.75. The van der Waals surface area contributed by atoms with E-state index in [9.17, 15) is 9.59 Å². The number of carbonyl (C=O) groups is 2. The largest absolute Gasteiger partial charge is 0.469 e. The SMILES string of the molecule is COC(=O)CC1CCN(C(=O)N(CCc2ccc3c(n2)NCCC3)C(C)C)Cc2ccccc21. The Balaban J connectivity index is 1.47. The first kappa shape index (κ1) is 24.0. The second-order valence-corrected chi connectivity index (χ2v) is 9.55. The van der Waals surface area contributed by atoms with Crippen molar-refractivity contribution in [3.63, 3.8) is 0 Å². The number of rotatable bonds is 6. The maximum absolute atomic E-state index is 13.7. The average molecular weight is 465 g/mol. The van der Waals surface area contributed by atoms with Crippen LogP contribution in [0, 0.1) is 0 Å². The molecule has 0 aliphatic carbocycles. The molecule has 0 fully saturated rings. The van der Waals surface area contributed by atoms with Crippen molar-refractivity contribution in [1.82, 2.24) is 14.8 Å². The second kappa shape index (κ2) is 10.9. The summed E-state index contributed by atoms with van der Waals surface area (Å²) in [5, 5.41) is 3.39. The van der Waals surface area contributed by atoms with Gasteiger partial charge in [0.25, 0.3) is 0 Å². The number of ether oxygens (including phenoxy) is 1. The summed E-state index contributed by atoms with van der Waals surface area (Å²) in [5.74, 6) is 0.837. The Morgan fingerprint density at radius 2 is 2.03 bits per heavy atom. The number of esters is 1. The first-order valence-electron chi connectivity index (χ1n) is 12.4. The minimum atomic E-state index is -0.213. The summed E-state index contributed by atoms with van der Waals surface area (Å²) in [6, 6.07) is 12.5. The highest BCUT2D eigenvalue weighted by atomic mass is 16.5. The number of hydrogen-bond donors (Lipinski definition) is 1. The second-order valence-electron chi connectivity index (χ2n) is 9.55. The quantitative estimate of drug-likeness (QED) is 0.643. The molecule has 3 heterocycles. The molecule has 34 heavy (non-hydrogen) atoms. The number of methoxy groups -OCH3 is 1. The van der Waals surface area contributed by atoms with Gasteiger partial charge in [0, 0.05) is 44.3 Å². The van der Waals surface area contributed by atoms with Crippen LogP contribution < -0.4 is 5.32 Å². The van der Waals surface area contributed by atoms with Crippen LogP contribution in [0.1, 0.15) is 61.4 Å². The normalized spacial score (nSPS) is 17.3. The number of carbonyl (C=O) groups excluding carboxylic acids is 2. The zero-order valence-electron chi connectivity index (χ0n) is 20.5. The number of anilines is 1. The van der Waals surface area contributed by atoms with E-state index in [4.69, 9.17) is 9.72 Å². The van der Waals surface area contributed by atoms with E-state index < -0.39 is 0 Å². The van der Waals surface area contributed by atoms with E-state index in [1.807, 2.05) is 21.9 Å². The van der Waals surface area contributed by atoms with Crippen LogP contribution in [0.4, 0.5) is 10.6 Å². The lowest BCUT2D eigenvalue weighted by Gasteiger charge is -2.33. The van der Waals surface area contributed by atoms with Gasteiger partial charge in [-0.1, -0.05) is 30.3 Å². The number of benzene rings is 1. The fourth-order valence-electron chi connectivity index (χ4n) is 4.99. The molecular formula is C27H36N4O3. The molecule has 0 spiro atoms. The van der Waals surface area contributed by atoms with Gasteiger partial charge in [0.15, 0.2) is 0 Å². The van der Waals surface area contributed by atoms with Crippen molar-refractivity contribution in [1.29, 1.82) is 0 Å². The third-order valence-electron chi connectivity index (χ3n) is 6.94. The minimum Gasteiger partial charge on any atom is -0.469 e. The monoisotopic (exact) mass is 464 g/mol. The van der Waals surface area contributed by atoms with Crippen LogP contribution in [0.25, 0.3) is 0 Å². The summed E-state index contributed by atoms with van der Waals surface area (Å²) in [6.07, 6.45) is 4.00. The number of pyridine rings is 1. The molecule has 7 heteroatoms. The summed E-state index contributed by atoms with van der Waals surface area (Å²) < 4.78 is 4.92. The van der Waals surface area contributed by atoms with Crippen molar-refractivity contribution >= 4 is 17.8 Å². The molecule has 2 amide bonds. The molecule has 182 valence electrons. The minimum absolute atomic E-state index is 0.0413. The van der Waals surface area contributed by atoms with Crippen LogP contribution in [0.2, 0.25) is 0 Å². The van der Waals surface area contributed by atoms with Gasteiger partial charge < -0.3 is 19.9 Å². The Labute approximate surface area is 202 Å². The molecule has 0 bridgehead atoms. The van der Waals surface area contributed by atoms with Crippen molar-refractivity contribution in [2.75, 3.05) is 32.1 Å². The van der Waals surface area contributed by atoms with Crippen LogP contribution >= 0.6 is 0 Å². The Hall–Kier alpha value is -3.09. The van der Waals surface area contributed by atoms with Gasteiger partial charge in [0.2, 0.25) is 0 Å². The van der Waals surface area contributed by atoms with E-state index in [2.05, 4.69) is 43.4 Å². The van der Waals surface area contributed by atoms with Crippen LogP contribution in [0.3, 0.4) is 0 Å². The summed E-state index contributed by atoms with van der Waals surface area (Å²) in [4.78, 5) is 34.3. The standard InChI is InChI=1S/C27H36N4O3/c1-19(2)31(16-13-23-11-10-20-8-6-14-28-26(20)29-23)27(33)30-15-12-21(17-25(32)34-3)24-9-5-4-7-22(24)18-30/h4-5,7,9-11,19,21H,6,8,12-18H2,1-3H3,(H,28,29). The van der Waals surface area contributed by atoms with Crippen molar-refractivity contribution in [3.05, 3.63) is 58.8 Å². The average Bonchev–Trinajstić information content (AvgIpc) is 3.03. The maximum Gasteiger partial charge on any atom is 0.320 e. The van der Waals surface area contributed by atoms with E-state index in [0.29, 0.717) is 32.5 Å². The Morgan fingerprint density at radius 1 is 1.21 bits per heavy atom. The molecule has 7 nitrogen and oxygen atoms in total. The van der Waals surface area contributed by atoms with E-state index in [1.54, 1.807) is 0 Å². The number of fused-ring (bicyclic) bond motifs is 2. The number of nitrogens with one attached hydrogen (secondary N) is 1. The lowest BCUT2D eigenvalue weighted by Crippen LogP contribution is -2.47. The third kappa shape index (κ3) is 5.51. The molecule has 4 rings (SSSR count). The molecule has 0 radical (unpaired) electrons. The molecule has 1 unspecified atom stereocenters. The molecule has 2 aliphatic rings. The van der Waals surface area contributed by atoms with Crippen molar-refractivity contribution in [3.8, 4) is 0 Å². The molecule has 1 aromatic carbocycles. The van der Waals surface area contributed by atoms with Gasteiger partial charge in [-0.2, -0.15) is 0 Å². The van der Waals surface area contributed by atoms with Crippen LogP contribution in [0.15, 0.2) is 36.4 Å². The Kier molecular flexibility index (Phi) is 7.70. The fraction of sp³-hybridized carbons (Fsp3) is 0.519. The van der Waals surface area contributed by atoms with Crippen molar-refractivity contribution in [2.45, 2.75) is 64.5 Å². The van der Waals surface area contributed by atoms with Gasteiger partial charge >= 0.3 is 12.0 Å².